The first kappa shape index (κ1) is 13.0. The fourth-order valence-corrected chi connectivity index (χ4v) is 3.35. The van der Waals surface area contributed by atoms with Gasteiger partial charge in [0.05, 0.1) is 0 Å². The Hall–Kier alpha value is -0.470. The highest BCUT2D eigenvalue weighted by Crippen LogP contribution is 2.32. The Morgan fingerprint density at radius 1 is 1.29 bits per heavy atom. The summed E-state index contributed by atoms with van der Waals surface area (Å²) in [4.78, 5) is 4.00. The molecule has 0 saturated carbocycles. The summed E-state index contributed by atoms with van der Waals surface area (Å²) in [6.45, 7) is 10.4. The van der Waals surface area contributed by atoms with Gasteiger partial charge in [0.1, 0.15) is 0 Å². The lowest BCUT2D eigenvalue weighted by Gasteiger charge is -2.29. The summed E-state index contributed by atoms with van der Waals surface area (Å²) >= 11 is 1.89. The predicted molar refractivity (Wildman–Crippen MR) is 77.0 cm³/mol. The molecule has 1 nitrogen and oxygen atoms in total. The number of likely N-dealkylation sites (N-methyl/N-ethyl adjacent to an activating group) is 1. The largest absolute Gasteiger partial charge is 0.299 e. The Morgan fingerprint density at radius 3 is 2.65 bits per heavy atom. The van der Waals surface area contributed by atoms with Crippen molar-refractivity contribution in [2.45, 2.75) is 44.6 Å². The van der Waals surface area contributed by atoms with E-state index in [0.717, 1.165) is 6.54 Å². The molecule has 1 aliphatic rings. The van der Waals surface area contributed by atoms with Crippen molar-refractivity contribution in [3.8, 4) is 0 Å². The molecular weight excluding hydrogens is 226 g/mol. The van der Waals surface area contributed by atoms with Crippen LogP contribution in [-0.4, -0.2) is 24.2 Å². The third kappa shape index (κ3) is 2.69. The number of nitrogens with zero attached hydrogens (tertiary/aromatic N) is 1. The Labute approximate surface area is 110 Å². The van der Waals surface area contributed by atoms with Gasteiger partial charge in [-0.2, -0.15) is 0 Å². The number of rotatable bonds is 3. The lowest BCUT2D eigenvalue weighted by atomic mass is 9.93. The van der Waals surface area contributed by atoms with Gasteiger partial charge in [-0.25, -0.2) is 0 Å². The van der Waals surface area contributed by atoms with Crippen LogP contribution in [0.15, 0.2) is 17.0 Å². The summed E-state index contributed by atoms with van der Waals surface area (Å²) in [5.41, 5.74) is 4.66. The van der Waals surface area contributed by atoms with Crippen LogP contribution in [0.5, 0.6) is 0 Å². The fourth-order valence-electron chi connectivity index (χ4n) is 2.56. The van der Waals surface area contributed by atoms with E-state index < -0.39 is 0 Å². The molecule has 0 spiro atoms. The second-order valence-electron chi connectivity index (χ2n) is 5.14. The van der Waals surface area contributed by atoms with Gasteiger partial charge in [0, 0.05) is 18.0 Å². The Morgan fingerprint density at radius 2 is 2.06 bits per heavy atom. The molecule has 1 aromatic rings. The average molecular weight is 249 g/mol. The summed E-state index contributed by atoms with van der Waals surface area (Å²) in [5.74, 6) is 0.631. The SMILES string of the molecule is CCN1CCc2cc(C(C)C)c(SC)cc2C1. The molecule has 1 aliphatic heterocycles. The van der Waals surface area contributed by atoms with Crippen LogP contribution in [0.3, 0.4) is 0 Å². The van der Waals surface area contributed by atoms with Crippen molar-refractivity contribution < 1.29 is 0 Å². The fraction of sp³-hybridized carbons (Fsp3) is 0.600. The minimum atomic E-state index is 0.631. The molecule has 0 atom stereocenters. The summed E-state index contributed by atoms with van der Waals surface area (Å²) in [7, 11) is 0. The monoisotopic (exact) mass is 249 g/mol. The molecule has 17 heavy (non-hydrogen) atoms. The van der Waals surface area contributed by atoms with E-state index in [1.807, 2.05) is 11.8 Å². The van der Waals surface area contributed by atoms with E-state index in [9.17, 15) is 0 Å². The first-order valence-corrected chi connectivity index (χ1v) is 7.80. The molecule has 2 heteroatoms. The molecule has 2 rings (SSSR count). The van der Waals surface area contributed by atoms with E-state index in [4.69, 9.17) is 0 Å². The van der Waals surface area contributed by atoms with E-state index in [0.29, 0.717) is 5.92 Å². The molecular formula is C15H23NS. The Balaban J connectivity index is 2.37. The van der Waals surface area contributed by atoms with Crippen LogP contribution in [0.4, 0.5) is 0 Å². The highest BCUT2D eigenvalue weighted by Gasteiger charge is 2.18. The van der Waals surface area contributed by atoms with Crippen LogP contribution in [0.2, 0.25) is 0 Å². The molecule has 0 saturated heterocycles. The van der Waals surface area contributed by atoms with Gasteiger partial charge in [-0.3, -0.25) is 4.90 Å². The topological polar surface area (TPSA) is 3.24 Å². The Bertz CT molecular complexity index is 398. The minimum Gasteiger partial charge on any atom is -0.299 e. The van der Waals surface area contributed by atoms with Crippen molar-refractivity contribution >= 4 is 11.8 Å². The van der Waals surface area contributed by atoms with E-state index in [1.165, 1.54) is 30.0 Å². The van der Waals surface area contributed by atoms with Gasteiger partial charge in [0.15, 0.2) is 0 Å². The Kier molecular flexibility index (Phi) is 4.16. The maximum absolute atomic E-state index is 2.53. The molecule has 0 bridgehead atoms. The van der Waals surface area contributed by atoms with Crippen LogP contribution in [0.1, 0.15) is 43.4 Å². The normalized spacial score (nSPS) is 16.3. The lowest BCUT2D eigenvalue weighted by Crippen LogP contribution is -2.30. The van der Waals surface area contributed by atoms with Crippen LogP contribution in [0.25, 0.3) is 0 Å². The van der Waals surface area contributed by atoms with Crippen LogP contribution in [-0.2, 0) is 13.0 Å². The first-order valence-electron chi connectivity index (χ1n) is 6.57. The van der Waals surface area contributed by atoms with Crippen molar-refractivity contribution in [2.24, 2.45) is 0 Å². The van der Waals surface area contributed by atoms with Gasteiger partial charge in [0.2, 0.25) is 0 Å². The molecule has 1 aromatic carbocycles. The van der Waals surface area contributed by atoms with E-state index >= 15 is 0 Å². The van der Waals surface area contributed by atoms with E-state index in [2.05, 4.69) is 44.1 Å². The van der Waals surface area contributed by atoms with Crippen molar-refractivity contribution in [3.63, 3.8) is 0 Å². The highest BCUT2D eigenvalue weighted by molar-refractivity contribution is 7.98. The summed E-state index contributed by atoms with van der Waals surface area (Å²) < 4.78 is 0. The molecule has 0 fully saturated rings. The number of benzene rings is 1. The van der Waals surface area contributed by atoms with Crippen molar-refractivity contribution in [1.82, 2.24) is 4.90 Å². The number of hydrogen-bond acceptors (Lipinski definition) is 2. The van der Waals surface area contributed by atoms with Gasteiger partial charge >= 0.3 is 0 Å². The zero-order valence-electron chi connectivity index (χ0n) is 11.4. The quantitative estimate of drug-likeness (QED) is 0.747. The number of fused-ring (bicyclic) bond motifs is 1. The van der Waals surface area contributed by atoms with Crippen LogP contribution in [0, 0.1) is 0 Å². The molecule has 1 heterocycles. The van der Waals surface area contributed by atoms with Gasteiger partial charge < -0.3 is 0 Å². The molecule has 0 aliphatic carbocycles. The zero-order chi connectivity index (χ0) is 12.4. The molecule has 0 N–H and O–H groups in total. The van der Waals surface area contributed by atoms with Crippen molar-refractivity contribution in [1.29, 1.82) is 0 Å². The summed E-state index contributed by atoms with van der Waals surface area (Å²) in [6, 6.07) is 4.88. The average Bonchev–Trinajstić information content (AvgIpc) is 2.36. The number of hydrogen-bond donors (Lipinski definition) is 0. The van der Waals surface area contributed by atoms with E-state index in [1.54, 1.807) is 11.1 Å². The lowest BCUT2D eigenvalue weighted by molar-refractivity contribution is 0.267. The number of thioether (sulfide) groups is 1. The first-order chi connectivity index (χ1) is 8.15. The van der Waals surface area contributed by atoms with Crippen molar-refractivity contribution in [3.05, 3.63) is 28.8 Å². The molecule has 94 valence electrons. The van der Waals surface area contributed by atoms with Crippen molar-refractivity contribution in [2.75, 3.05) is 19.3 Å². The maximum Gasteiger partial charge on any atom is 0.0236 e. The second kappa shape index (κ2) is 5.45. The molecule has 0 unspecified atom stereocenters. The predicted octanol–water partition coefficient (Wildman–Crippen LogP) is 3.91. The van der Waals surface area contributed by atoms with Gasteiger partial charge in [-0.05, 0) is 47.9 Å². The molecule has 0 amide bonds. The van der Waals surface area contributed by atoms with Crippen LogP contribution < -0.4 is 0 Å². The van der Waals surface area contributed by atoms with Gasteiger partial charge in [-0.1, -0.05) is 26.8 Å². The smallest absolute Gasteiger partial charge is 0.0236 e. The standard InChI is InChI=1S/C15H23NS/c1-5-16-7-6-12-8-14(11(2)3)15(17-4)9-13(12)10-16/h8-9,11H,5-7,10H2,1-4H3. The third-order valence-electron chi connectivity index (χ3n) is 3.71. The van der Waals surface area contributed by atoms with Gasteiger partial charge in [0.25, 0.3) is 0 Å². The highest BCUT2D eigenvalue weighted by atomic mass is 32.2. The summed E-state index contributed by atoms with van der Waals surface area (Å²) in [6.07, 6.45) is 3.41. The zero-order valence-corrected chi connectivity index (χ0v) is 12.2. The molecule has 0 aromatic heterocycles. The third-order valence-corrected chi connectivity index (χ3v) is 4.51. The minimum absolute atomic E-state index is 0.631. The second-order valence-corrected chi connectivity index (χ2v) is 5.98. The van der Waals surface area contributed by atoms with Gasteiger partial charge in [-0.15, -0.1) is 11.8 Å². The summed E-state index contributed by atoms with van der Waals surface area (Å²) in [5, 5.41) is 0. The maximum atomic E-state index is 2.53. The molecule has 0 radical (unpaired) electrons. The van der Waals surface area contributed by atoms with Crippen LogP contribution >= 0.6 is 11.8 Å². The van der Waals surface area contributed by atoms with E-state index in [-0.39, 0.29) is 0 Å².